The predicted octanol–water partition coefficient (Wildman–Crippen LogP) is 2.30. The molecule has 1 amide bonds. The summed E-state index contributed by atoms with van der Waals surface area (Å²) >= 11 is 0. The first-order chi connectivity index (χ1) is 8.76. The van der Waals surface area contributed by atoms with Gasteiger partial charge in [0.25, 0.3) is 0 Å². The minimum absolute atomic E-state index is 0.154. The molecule has 1 aromatic rings. The fraction of sp³-hybridized carbons (Fsp3) is 0.400. The Morgan fingerprint density at radius 3 is 2.89 bits per heavy atom. The van der Waals surface area contributed by atoms with Crippen molar-refractivity contribution in [3.8, 4) is 0 Å². The topological polar surface area (TPSA) is 55.1 Å². The summed E-state index contributed by atoms with van der Waals surface area (Å²) in [7, 11) is 0. The first-order valence-electron chi connectivity index (χ1n) is 6.54. The molecule has 0 heterocycles. The SMILES string of the molecule is NCc1cccc(NC(=O)C2CC3C=CC2C3)c1. The number of allylic oxidation sites excluding steroid dienone is 2. The van der Waals surface area contributed by atoms with Crippen molar-refractivity contribution in [2.45, 2.75) is 19.4 Å². The number of anilines is 1. The van der Waals surface area contributed by atoms with E-state index in [0.717, 1.165) is 24.1 Å². The van der Waals surface area contributed by atoms with E-state index in [1.54, 1.807) is 0 Å². The second-order valence-corrected chi connectivity index (χ2v) is 5.28. The number of nitrogens with two attached hydrogens (primary N) is 1. The maximum Gasteiger partial charge on any atom is 0.228 e. The molecule has 2 bridgehead atoms. The fourth-order valence-corrected chi connectivity index (χ4v) is 3.09. The monoisotopic (exact) mass is 242 g/mol. The highest BCUT2D eigenvalue weighted by Gasteiger charge is 2.39. The number of rotatable bonds is 3. The lowest BCUT2D eigenvalue weighted by Crippen LogP contribution is -2.25. The molecule has 3 heteroatoms. The van der Waals surface area contributed by atoms with E-state index in [-0.39, 0.29) is 11.8 Å². The molecule has 0 aliphatic heterocycles. The van der Waals surface area contributed by atoms with Gasteiger partial charge in [-0.2, -0.15) is 0 Å². The van der Waals surface area contributed by atoms with E-state index in [0.29, 0.717) is 18.4 Å². The zero-order valence-electron chi connectivity index (χ0n) is 10.3. The van der Waals surface area contributed by atoms with Crippen molar-refractivity contribution in [2.75, 3.05) is 5.32 Å². The minimum Gasteiger partial charge on any atom is -0.326 e. The van der Waals surface area contributed by atoms with Crippen LogP contribution in [0.15, 0.2) is 36.4 Å². The number of hydrogen-bond donors (Lipinski definition) is 2. The van der Waals surface area contributed by atoms with Crippen LogP contribution in [0.5, 0.6) is 0 Å². The Hall–Kier alpha value is -1.61. The number of hydrogen-bond acceptors (Lipinski definition) is 2. The van der Waals surface area contributed by atoms with Crippen molar-refractivity contribution in [3.63, 3.8) is 0 Å². The normalized spacial score (nSPS) is 28.6. The van der Waals surface area contributed by atoms with Gasteiger partial charge in [0.1, 0.15) is 0 Å². The van der Waals surface area contributed by atoms with Crippen LogP contribution < -0.4 is 11.1 Å². The molecule has 0 aromatic heterocycles. The van der Waals surface area contributed by atoms with Gasteiger partial charge >= 0.3 is 0 Å². The van der Waals surface area contributed by atoms with E-state index in [4.69, 9.17) is 5.73 Å². The van der Waals surface area contributed by atoms with Gasteiger partial charge in [-0.05, 0) is 42.4 Å². The van der Waals surface area contributed by atoms with Crippen molar-refractivity contribution in [3.05, 3.63) is 42.0 Å². The van der Waals surface area contributed by atoms with E-state index in [9.17, 15) is 4.79 Å². The molecule has 0 saturated heterocycles. The second-order valence-electron chi connectivity index (χ2n) is 5.28. The van der Waals surface area contributed by atoms with Crippen molar-refractivity contribution >= 4 is 11.6 Å². The molecule has 2 aliphatic carbocycles. The van der Waals surface area contributed by atoms with Crippen molar-refractivity contribution in [1.29, 1.82) is 0 Å². The van der Waals surface area contributed by atoms with E-state index >= 15 is 0 Å². The molecular weight excluding hydrogens is 224 g/mol. The number of fused-ring (bicyclic) bond motifs is 2. The molecule has 1 aromatic carbocycles. The van der Waals surface area contributed by atoms with Gasteiger partial charge in [0, 0.05) is 18.2 Å². The van der Waals surface area contributed by atoms with E-state index < -0.39 is 0 Å². The third-order valence-corrected chi connectivity index (χ3v) is 4.05. The van der Waals surface area contributed by atoms with Crippen molar-refractivity contribution in [1.82, 2.24) is 0 Å². The molecule has 3 N–H and O–H groups in total. The van der Waals surface area contributed by atoms with Crippen LogP contribution in [0.2, 0.25) is 0 Å². The van der Waals surface area contributed by atoms with Crippen molar-refractivity contribution < 1.29 is 4.79 Å². The summed E-state index contributed by atoms with van der Waals surface area (Å²) in [4.78, 5) is 12.2. The Morgan fingerprint density at radius 2 is 2.22 bits per heavy atom. The Bertz CT molecular complexity index is 495. The summed E-state index contributed by atoms with van der Waals surface area (Å²) in [6, 6.07) is 7.76. The maximum absolute atomic E-state index is 12.2. The largest absolute Gasteiger partial charge is 0.326 e. The van der Waals surface area contributed by atoms with Crippen LogP contribution in [0.1, 0.15) is 18.4 Å². The molecule has 1 fully saturated rings. The van der Waals surface area contributed by atoms with Crippen molar-refractivity contribution in [2.24, 2.45) is 23.5 Å². The summed E-state index contributed by atoms with van der Waals surface area (Å²) < 4.78 is 0. The lowest BCUT2D eigenvalue weighted by Gasteiger charge is -2.17. The molecule has 3 rings (SSSR count). The third kappa shape index (κ3) is 2.06. The van der Waals surface area contributed by atoms with Crippen LogP contribution >= 0.6 is 0 Å². The first-order valence-corrected chi connectivity index (χ1v) is 6.54. The second kappa shape index (κ2) is 4.58. The zero-order chi connectivity index (χ0) is 12.5. The summed E-state index contributed by atoms with van der Waals surface area (Å²) in [6.45, 7) is 0.501. The smallest absolute Gasteiger partial charge is 0.228 e. The van der Waals surface area contributed by atoms with E-state index in [2.05, 4.69) is 17.5 Å². The predicted molar refractivity (Wildman–Crippen MR) is 71.8 cm³/mol. The molecular formula is C15H18N2O. The number of nitrogens with one attached hydrogen (secondary N) is 1. The zero-order valence-corrected chi connectivity index (χ0v) is 10.3. The van der Waals surface area contributed by atoms with Gasteiger partial charge in [0.2, 0.25) is 5.91 Å². The van der Waals surface area contributed by atoms with Gasteiger partial charge in [-0.3, -0.25) is 4.79 Å². The molecule has 3 unspecified atom stereocenters. The summed E-state index contributed by atoms with van der Waals surface area (Å²) in [5.41, 5.74) is 7.50. The van der Waals surface area contributed by atoms with Crippen LogP contribution in [-0.2, 0) is 11.3 Å². The molecule has 94 valence electrons. The summed E-state index contributed by atoms with van der Waals surface area (Å²) in [5, 5.41) is 3.02. The van der Waals surface area contributed by atoms with Crippen LogP contribution in [0.4, 0.5) is 5.69 Å². The van der Waals surface area contributed by atoms with Gasteiger partial charge in [0.05, 0.1) is 0 Å². The minimum atomic E-state index is 0.154. The van der Waals surface area contributed by atoms with Crippen LogP contribution in [0.3, 0.4) is 0 Å². The van der Waals surface area contributed by atoms with Gasteiger partial charge in [0.15, 0.2) is 0 Å². The number of benzene rings is 1. The van der Waals surface area contributed by atoms with Crippen LogP contribution in [-0.4, -0.2) is 5.91 Å². The van der Waals surface area contributed by atoms with Gasteiger partial charge in [-0.1, -0.05) is 24.3 Å². The highest BCUT2D eigenvalue weighted by Crippen LogP contribution is 2.43. The number of carbonyl (C=O) groups is 1. The lowest BCUT2D eigenvalue weighted by atomic mass is 9.93. The van der Waals surface area contributed by atoms with E-state index in [1.165, 1.54) is 0 Å². The third-order valence-electron chi connectivity index (χ3n) is 4.05. The van der Waals surface area contributed by atoms with Gasteiger partial charge < -0.3 is 11.1 Å². The summed E-state index contributed by atoms with van der Waals surface area (Å²) in [5.74, 6) is 1.39. The molecule has 1 saturated carbocycles. The summed E-state index contributed by atoms with van der Waals surface area (Å²) in [6.07, 6.45) is 6.61. The maximum atomic E-state index is 12.2. The Morgan fingerprint density at radius 1 is 1.33 bits per heavy atom. The molecule has 2 aliphatic rings. The first kappa shape index (κ1) is 11.5. The standard InChI is InChI=1S/C15H18N2O/c16-9-11-2-1-3-13(7-11)17-15(18)14-8-10-4-5-12(14)6-10/h1-5,7,10,12,14H,6,8-9,16H2,(H,17,18). The van der Waals surface area contributed by atoms with Gasteiger partial charge in [-0.15, -0.1) is 0 Å². The Kier molecular flexibility index (Phi) is 2.92. The molecule has 3 atom stereocenters. The number of carbonyl (C=O) groups excluding carboxylic acids is 1. The number of amides is 1. The fourth-order valence-electron chi connectivity index (χ4n) is 3.09. The highest BCUT2D eigenvalue weighted by molar-refractivity contribution is 5.93. The Balaban J connectivity index is 1.69. The molecule has 0 radical (unpaired) electrons. The van der Waals surface area contributed by atoms with Crippen LogP contribution in [0, 0.1) is 17.8 Å². The van der Waals surface area contributed by atoms with Gasteiger partial charge in [-0.25, -0.2) is 0 Å². The molecule has 3 nitrogen and oxygen atoms in total. The quantitative estimate of drug-likeness (QED) is 0.799. The van der Waals surface area contributed by atoms with E-state index in [1.807, 2.05) is 24.3 Å². The lowest BCUT2D eigenvalue weighted by molar-refractivity contribution is -0.120. The average molecular weight is 242 g/mol. The molecule has 0 spiro atoms. The molecule has 18 heavy (non-hydrogen) atoms. The average Bonchev–Trinajstić information content (AvgIpc) is 3.01. The highest BCUT2D eigenvalue weighted by atomic mass is 16.1. The Labute approximate surface area is 107 Å². The van der Waals surface area contributed by atoms with Crippen LogP contribution in [0.25, 0.3) is 0 Å².